The van der Waals surface area contributed by atoms with Gasteiger partial charge in [0.1, 0.15) is 0 Å². The maximum absolute atomic E-state index is 12.0. The first-order valence-electron chi connectivity index (χ1n) is 7.77. The number of carbonyl (C=O) groups excluding carboxylic acids is 1. The molecule has 128 valence electrons. The van der Waals surface area contributed by atoms with Crippen LogP contribution in [0.2, 0.25) is 0 Å². The minimum Gasteiger partial charge on any atom is -0.388 e. The molecule has 1 aliphatic heterocycles. The van der Waals surface area contributed by atoms with Crippen LogP contribution in [0, 0.1) is 0 Å². The Morgan fingerprint density at radius 1 is 1.30 bits per heavy atom. The van der Waals surface area contributed by atoms with Crippen molar-refractivity contribution in [2.24, 2.45) is 0 Å². The summed E-state index contributed by atoms with van der Waals surface area (Å²) in [6.07, 6.45) is 1.02. The highest BCUT2D eigenvalue weighted by molar-refractivity contribution is 7.91. The highest BCUT2D eigenvalue weighted by atomic mass is 32.2. The lowest BCUT2D eigenvalue weighted by Gasteiger charge is -2.19. The number of benzene rings is 1. The first-order valence-corrected chi connectivity index (χ1v) is 9.59. The zero-order chi connectivity index (χ0) is 16.9. The predicted octanol–water partition coefficient (Wildman–Crippen LogP) is 0.810. The lowest BCUT2D eigenvalue weighted by molar-refractivity contribution is 0.0719. The fourth-order valence-electron chi connectivity index (χ4n) is 2.56. The van der Waals surface area contributed by atoms with Gasteiger partial charge in [0, 0.05) is 13.1 Å². The summed E-state index contributed by atoms with van der Waals surface area (Å²) in [7, 11) is -3.20. The molecule has 0 spiro atoms. The molecule has 0 aliphatic carbocycles. The molecule has 1 saturated heterocycles. The summed E-state index contributed by atoms with van der Waals surface area (Å²) in [5, 5.41) is 12.4. The Labute approximate surface area is 137 Å². The molecule has 0 unspecified atom stereocenters. The minimum atomic E-state index is -3.20. The Morgan fingerprint density at radius 3 is 2.61 bits per heavy atom. The SMILES string of the molecule is C[C@@]1(O)CCN(C(=O)NCCS(=O)(=O)CCc2ccccc2)C1. The second-order valence-corrected chi connectivity index (χ2v) is 8.59. The number of rotatable bonds is 6. The molecule has 1 heterocycles. The van der Waals surface area contributed by atoms with Crippen molar-refractivity contribution in [3.05, 3.63) is 35.9 Å². The van der Waals surface area contributed by atoms with Gasteiger partial charge in [-0.05, 0) is 25.3 Å². The molecule has 1 aromatic rings. The molecule has 2 rings (SSSR count). The Hall–Kier alpha value is -1.60. The summed E-state index contributed by atoms with van der Waals surface area (Å²) in [5.74, 6) is 0.00111. The first-order chi connectivity index (χ1) is 10.8. The van der Waals surface area contributed by atoms with E-state index < -0.39 is 15.4 Å². The predicted molar refractivity (Wildman–Crippen MR) is 89.0 cm³/mol. The van der Waals surface area contributed by atoms with E-state index in [-0.39, 0.29) is 30.6 Å². The summed E-state index contributed by atoms with van der Waals surface area (Å²) >= 11 is 0. The summed E-state index contributed by atoms with van der Waals surface area (Å²) in [6, 6.07) is 9.14. The van der Waals surface area contributed by atoms with Crippen LogP contribution in [-0.2, 0) is 16.3 Å². The van der Waals surface area contributed by atoms with Crippen LogP contribution >= 0.6 is 0 Å². The van der Waals surface area contributed by atoms with Crippen molar-refractivity contribution in [1.29, 1.82) is 0 Å². The van der Waals surface area contributed by atoms with Crippen molar-refractivity contribution in [1.82, 2.24) is 10.2 Å². The average molecular weight is 340 g/mol. The Kier molecular flexibility index (Phi) is 5.64. The van der Waals surface area contributed by atoms with Crippen LogP contribution in [0.1, 0.15) is 18.9 Å². The van der Waals surface area contributed by atoms with E-state index in [0.29, 0.717) is 19.4 Å². The maximum Gasteiger partial charge on any atom is 0.317 e. The van der Waals surface area contributed by atoms with Crippen LogP contribution in [-0.4, -0.2) is 61.2 Å². The van der Waals surface area contributed by atoms with Crippen LogP contribution in [0.25, 0.3) is 0 Å². The number of aryl methyl sites for hydroxylation is 1. The highest BCUT2D eigenvalue weighted by Gasteiger charge is 2.33. The smallest absolute Gasteiger partial charge is 0.317 e. The van der Waals surface area contributed by atoms with E-state index in [2.05, 4.69) is 5.32 Å². The number of sulfone groups is 1. The van der Waals surface area contributed by atoms with Crippen molar-refractivity contribution in [3.63, 3.8) is 0 Å². The van der Waals surface area contributed by atoms with Crippen LogP contribution in [0.5, 0.6) is 0 Å². The second kappa shape index (κ2) is 7.31. The summed E-state index contributed by atoms with van der Waals surface area (Å²) in [5.41, 5.74) is 0.137. The van der Waals surface area contributed by atoms with Crippen LogP contribution < -0.4 is 5.32 Å². The topological polar surface area (TPSA) is 86.7 Å². The third-order valence-corrected chi connectivity index (χ3v) is 5.63. The molecule has 2 N–H and O–H groups in total. The van der Waals surface area contributed by atoms with Gasteiger partial charge in [-0.15, -0.1) is 0 Å². The lowest BCUT2D eigenvalue weighted by atomic mass is 10.1. The van der Waals surface area contributed by atoms with Gasteiger partial charge < -0.3 is 15.3 Å². The normalized spacial score (nSPS) is 21.4. The van der Waals surface area contributed by atoms with E-state index in [1.165, 1.54) is 4.90 Å². The van der Waals surface area contributed by atoms with Crippen molar-refractivity contribution in [2.75, 3.05) is 31.1 Å². The van der Waals surface area contributed by atoms with E-state index in [0.717, 1.165) is 5.56 Å². The minimum absolute atomic E-state index is 0.0736. The largest absolute Gasteiger partial charge is 0.388 e. The number of hydrogen-bond acceptors (Lipinski definition) is 4. The number of β-amino-alcohol motifs (C(OH)–C–C–N with tert-alkyl or cyclic N) is 1. The molecular formula is C16H24N2O4S. The molecule has 2 amide bonds. The fourth-order valence-corrected chi connectivity index (χ4v) is 3.73. The molecule has 0 bridgehead atoms. The van der Waals surface area contributed by atoms with Crippen molar-refractivity contribution in [2.45, 2.75) is 25.4 Å². The van der Waals surface area contributed by atoms with E-state index >= 15 is 0 Å². The first kappa shape index (κ1) is 17.7. The molecule has 6 nitrogen and oxygen atoms in total. The quantitative estimate of drug-likeness (QED) is 0.802. The molecule has 1 fully saturated rings. The number of carbonyl (C=O) groups is 1. The summed E-state index contributed by atoms with van der Waals surface area (Å²) in [4.78, 5) is 13.4. The molecule has 7 heteroatoms. The van der Waals surface area contributed by atoms with Gasteiger partial charge >= 0.3 is 6.03 Å². The van der Waals surface area contributed by atoms with Gasteiger partial charge in [0.25, 0.3) is 0 Å². The zero-order valence-corrected chi connectivity index (χ0v) is 14.2. The molecule has 1 atom stereocenters. The van der Waals surface area contributed by atoms with E-state index in [1.54, 1.807) is 6.92 Å². The second-order valence-electron chi connectivity index (χ2n) is 6.29. The Bertz CT molecular complexity index is 629. The molecule has 1 aromatic carbocycles. The number of likely N-dealkylation sites (tertiary alicyclic amines) is 1. The summed E-state index contributed by atoms with van der Waals surface area (Å²) in [6.45, 7) is 2.54. The molecular weight excluding hydrogens is 316 g/mol. The van der Waals surface area contributed by atoms with E-state index in [1.807, 2.05) is 30.3 Å². The van der Waals surface area contributed by atoms with Crippen LogP contribution in [0.4, 0.5) is 4.79 Å². The van der Waals surface area contributed by atoms with Gasteiger partial charge in [-0.1, -0.05) is 30.3 Å². The monoisotopic (exact) mass is 340 g/mol. The number of urea groups is 1. The van der Waals surface area contributed by atoms with Gasteiger partial charge in [-0.25, -0.2) is 13.2 Å². The number of amides is 2. The average Bonchev–Trinajstić information content (AvgIpc) is 2.86. The zero-order valence-electron chi connectivity index (χ0n) is 13.4. The third-order valence-electron chi connectivity index (χ3n) is 3.97. The fraction of sp³-hybridized carbons (Fsp3) is 0.562. The van der Waals surface area contributed by atoms with Crippen LogP contribution in [0.3, 0.4) is 0 Å². The van der Waals surface area contributed by atoms with Crippen molar-refractivity contribution in [3.8, 4) is 0 Å². The molecule has 0 radical (unpaired) electrons. The number of nitrogens with zero attached hydrogens (tertiary/aromatic N) is 1. The van der Waals surface area contributed by atoms with Crippen LogP contribution in [0.15, 0.2) is 30.3 Å². The van der Waals surface area contributed by atoms with Gasteiger partial charge in [-0.2, -0.15) is 0 Å². The molecule has 1 aliphatic rings. The van der Waals surface area contributed by atoms with Gasteiger partial charge in [0.2, 0.25) is 0 Å². The molecule has 23 heavy (non-hydrogen) atoms. The standard InChI is InChI=1S/C16H24N2O4S/c1-16(20)8-10-18(13-16)15(19)17-9-12-23(21,22)11-7-14-5-3-2-4-6-14/h2-6,20H,7-13H2,1H3,(H,17,19)/t16-/m1/s1. The van der Waals surface area contributed by atoms with E-state index in [9.17, 15) is 18.3 Å². The molecule has 0 aromatic heterocycles. The van der Waals surface area contributed by atoms with Gasteiger partial charge in [-0.3, -0.25) is 0 Å². The Balaban J connectivity index is 1.71. The summed E-state index contributed by atoms with van der Waals surface area (Å²) < 4.78 is 24.0. The highest BCUT2D eigenvalue weighted by Crippen LogP contribution is 2.19. The lowest BCUT2D eigenvalue weighted by Crippen LogP contribution is -2.42. The van der Waals surface area contributed by atoms with Gasteiger partial charge in [0.15, 0.2) is 9.84 Å². The number of hydrogen-bond donors (Lipinski definition) is 2. The third kappa shape index (κ3) is 5.84. The number of aliphatic hydroxyl groups is 1. The van der Waals surface area contributed by atoms with Crippen molar-refractivity contribution >= 4 is 15.9 Å². The molecule has 0 saturated carbocycles. The van der Waals surface area contributed by atoms with Crippen molar-refractivity contribution < 1.29 is 18.3 Å². The Morgan fingerprint density at radius 2 is 2.00 bits per heavy atom. The van der Waals surface area contributed by atoms with E-state index in [4.69, 9.17) is 0 Å². The maximum atomic E-state index is 12.0. The van der Waals surface area contributed by atoms with Gasteiger partial charge in [0.05, 0.1) is 23.7 Å². The number of nitrogens with one attached hydrogen (secondary N) is 1.